The average Bonchev–Trinajstić information content (AvgIpc) is 3.16. The first-order chi connectivity index (χ1) is 13.0. The number of benzene rings is 2. The van der Waals surface area contributed by atoms with Crippen molar-refractivity contribution in [2.75, 3.05) is 10.6 Å². The molecule has 9 heteroatoms. The van der Waals surface area contributed by atoms with Crippen molar-refractivity contribution in [3.8, 4) is 0 Å². The molecule has 0 aliphatic rings. The fraction of sp³-hybridized carbons (Fsp3) is 0.111. The van der Waals surface area contributed by atoms with Crippen molar-refractivity contribution in [2.45, 2.75) is 17.8 Å². The Morgan fingerprint density at radius 3 is 2.59 bits per heavy atom. The van der Waals surface area contributed by atoms with Crippen molar-refractivity contribution in [1.29, 1.82) is 0 Å². The van der Waals surface area contributed by atoms with E-state index in [0.717, 1.165) is 10.7 Å². The van der Waals surface area contributed by atoms with Gasteiger partial charge in [-0.25, -0.2) is 9.37 Å². The Morgan fingerprint density at radius 2 is 1.93 bits per heavy atom. The van der Waals surface area contributed by atoms with Crippen LogP contribution >= 0.6 is 11.8 Å². The summed E-state index contributed by atoms with van der Waals surface area (Å²) >= 11 is 1.51. The maximum Gasteiger partial charge on any atom is 0.255 e. The van der Waals surface area contributed by atoms with Crippen LogP contribution in [-0.4, -0.2) is 27.0 Å². The number of hydrogen-bond acceptors (Lipinski definition) is 5. The lowest BCUT2D eigenvalue weighted by Gasteiger charge is -2.09. The molecule has 0 saturated carbocycles. The second-order valence-corrected chi connectivity index (χ2v) is 6.57. The van der Waals surface area contributed by atoms with Gasteiger partial charge >= 0.3 is 0 Å². The second-order valence-electron chi connectivity index (χ2n) is 5.61. The van der Waals surface area contributed by atoms with Gasteiger partial charge in [-0.05, 0) is 35.9 Å². The summed E-state index contributed by atoms with van der Waals surface area (Å²) < 4.78 is 13.7. The van der Waals surface area contributed by atoms with Crippen LogP contribution in [0.3, 0.4) is 0 Å². The minimum Gasteiger partial charge on any atom is -0.324 e. The summed E-state index contributed by atoms with van der Waals surface area (Å²) in [5.41, 5.74) is 1.90. The molecule has 0 aliphatic heterocycles. The summed E-state index contributed by atoms with van der Waals surface area (Å²) in [5, 5.41) is 12.3. The van der Waals surface area contributed by atoms with Crippen LogP contribution in [0.5, 0.6) is 0 Å². The normalized spacial score (nSPS) is 10.4. The Hall–Kier alpha value is -3.20. The quantitative estimate of drug-likeness (QED) is 0.565. The van der Waals surface area contributed by atoms with E-state index in [2.05, 4.69) is 25.8 Å². The van der Waals surface area contributed by atoms with Gasteiger partial charge in [0.05, 0.1) is 5.69 Å². The third kappa shape index (κ3) is 5.14. The molecule has 0 unspecified atom stereocenters. The van der Waals surface area contributed by atoms with Crippen LogP contribution in [0.25, 0.3) is 0 Å². The first-order valence-electron chi connectivity index (χ1n) is 7.97. The molecule has 0 atom stereocenters. The third-order valence-electron chi connectivity index (χ3n) is 3.52. The molecule has 3 aromatic rings. The molecular weight excluding hydrogens is 369 g/mol. The van der Waals surface area contributed by atoms with E-state index >= 15 is 0 Å². The van der Waals surface area contributed by atoms with Crippen LogP contribution in [0.1, 0.15) is 22.8 Å². The molecular formula is C18H16FN5O2S. The maximum absolute atomic E-state index is 13.7. The molecule has 27 heavy (non-hydrogen) atoms. The summed E-state index contributed by atoms with van der Waals surface area (Å²) in [6.45, 7) is 1.28. The minimum atomic E-state index is -0.572. The van der Waals surface area contributed by atoms with Crippen molar-refractivity contribution in [1.82, 2.24) is 15.2 Å². The molecule has 0 fully saturated rings. The summed E-state index contributed by atoms with van der Waals surface area (Å²) in [5.74, 6) is -0.604. The van der Waals surface area contributed by atoms with Crippen molar-refractivity contribution in [3.63, 3.8) is 0 Å². The van der Waals surface area contributed by atoms with Crippen molar-refractivity contribution < 1.29 is 14.0 Å². The fourth-order valence-corrected chi connectivity index (χ4v) is 2.99. The van der Waals surface area contributed by atoms with E-state index in [9.17, 15) is 14.0 Å². The zero-order chi connectivity index (χ0) is 19.2. The Morgan fingerprint density at radius 1 is 1.15 bits per heavy atom. The highest BCUT2D eigenvalue weighted by Crippen LogP contribution is 2.21. The third-order valence-corrected chi connectivity index (χ3v) is 4.47. The number of rotatable bonds is 6. The molecule has 0 aliphatic carbocycles. The largest absolute Gasteiger partial charge is 0.324 e. The smallest absolute Gasteiger partial charge is 0.255 e. The number of carbonyl (C=O) groups excluding carboxylic acids is 2. The van der Waals surface area contributed by atoms with Crippen molar-refractivity contribution in [2.24, 2.45) is 0 Å². The number of nitrogens with one attached hydrogen (secondary N) is 3. The number of hydrogen-bond donors (Lipinski definition) is 3. The average molecular weight is 385 g/mol. The molecule has 0 bridgehead atoms. The lowest BCUT2D eigenvalue weighted by atomic mass is 10.1. The second kappa shape index (κ2) is 8.45. The summed E-state index contributed by atoms with van der Waals surface area (Å²) in [4.78, 5) is 27.5. The highest BCUT2D eigenvalue weighted by atomic mass is 32.2. The van der Waals surface area contributed by atoms with Gasteiger partial charge in [-0.1, -0.05) is 23.9 Å². The summed E-state index contributed by atoms with van der Waals surface area (Å²) in [6.07, 6.45) is 1.45. The Balaban J connectivity index is 1.63. The van der Waals surface area contributed by atoms with Gasteiger partial charge < -0.3 is 10.6 Å². The zero-order valence-corrected chi connectivity index (χ0v) is 15.1. The molecule has 3 rings (SSSR count). The van der Waals surface area contributed by atoms with Gasteiger partial charge in [0.1, 0.15) is 12.1 Å². The van der Waals surface area contributed by atoms with Crippen LogP contribution in [-0.2, 0) is 10.5 Å². The van der Waals surface area contributed by atoms with E-state index in [1.165, 1.54) is 43.2 Å². The van der Waals surface area contributed by atoms with Gasteiger partial charge in [0, 0.05) is 23.9 Å². The van der Waals surface area contributed by atoms with Crippen molar-refractivity contribution >= 4 is 35.0 Å². The van der Waals surface area contributed by atoms with Crippen LogP contribution in [0.4, 0.5) is 15.8 Å². The van der Waals surface area contributed by atoms with Gasteiger partial charge in [-0.15, -0.1) is 0 Å². The zero-order valence-electron chi connectivity index (χ0n) is 14.3. The van der Waals surface area contributed by atoms with Gasteiger partial charge in [-0.2, -0.15) is 5.10 Å². The standard InChI is InChI=1S/C18H16FN5O2S/c1-11(25)22-16-8-14(6-7-15(16)19)23-17(26)13-4-2-12(3-5-13)9-27-18-20-10-21-24-18/h2-8,10H,9H2,1H3,(H,22,25)(H,23,26)(H,20,21,24). The lowest BCUT2D eigenvalue weighted by molar-refractivity contribution is -0.114. The molecule has 0 radical (unpaired) electrons. The van der Waals surface area contributed by atoms with Crippen LogP contribution in [0.2, 0.25) is 0 Å². The topological polar surface area (TPSA) is 99.8 Å². The number of H-pyrrole nitrogens is 1. The molecule has 7 nitrogen and oxygen atoms in total. The fourth-order valence-electron chi connectivity index (χ4n) is 2.26. The number of anilines is 2. The first kappa shape index (κ1) is 18.6. The number of nitrogens with zero attached hydrogens (tertiary/aromatic N) is 2. The predicted octanol–water partition coefficient (Wildman–Crippen LogP) is 3.45. The molecule has 3 N–H and O–H groups in total. The molecule has 138 valence electrons. The number of aromatic amines is 1. The van der Waals surface area contributed by atoms with E-state index < -0.39 is 11.7 Å². The van der Waals surface area contributed by atoms with Gasteiger partial charge in [0.15, 0.2) is 5.16 Å². The van der Waals surface area contributed by atoms with Gasteiger partial charge in [0.2, 0.25) is 5.91 Å². The van der Waals surface area contributed by atoms with E-state index in [-0.39, 0.29) is 11.6 Å². The molecule has 0 saturated heterocycles. The minimum absolute atomic E-state index is 0.0140. The number of aromatic nitrogens is 3. The SMILES string of the molecule is CC(=O)Nc1cc(NC(=O)c2ccc(CSc3ncn[nH]3)cc2)ccc1F. The highest BCUT2D eigenvalue weighted by molar-refractivity contribution is 7.98. The monoisotopic (exact) mass is 385 g/mol. The maximum atomic E-state index is 13.7. The van der Waals surface area contributed by atoms with E-state index in [1.807, 2.05) is 12.1 Å². The van der Waals surface area contributed by atoms with Crippen LogP contribution in [0.15, 0.2) is 53.9 Å². The molecule has 2 amide bonds. The Bertz CT molecular complexity index is 945. The van der Waals surface area contributed by atoms with Gasteiger partial charge in [-0.3, -0.25) is 14.7 Å². The number of carbonyl (C=O) groups is 2. The van der Waals surface area contributed by atoms with Crippen molar-refractivity contribution in [3.05, 3.63) is 65.7 Å². The van der Waals surface area contributed by atoms with Crippen LogP contribution in [0, 0.1) is 5.82 Å². The Labute approximate surface area is 158 Å². The van der Waals surface area contributed by atoms with E-state index in [1.54, 1.807) is 12.1 Å². The predicted molar refractivity (Wildman–Crippen MR) is 101 cm³/mol. The van der Waals surface area contributed by atoms with E-state index in [4.69, 9.17) is 0 Å². The number of halogens is 1. The molecule has 1 heterocycles. The first-order valence-corrected chi connectivity index (χ1v) is 8.95. The molecule has 0 spiro atoms. The van der Waals surface area contributed by atoms with Crippen LogP contribution < -0.4 is 10.6 Å². The molecule has 1 aromatic heterocycles. The lowest BCUT2D eigenvalue weighted by Crippen LogP contribution is -2.13. The molecule has 2 aromatic carbocycles. The summed E-state index contributed by atoms with van der Waals surface area (Å²) in [6, 6.07) is 11.1. The van der Waals surface area contributed by atoms with Gasteiger partial charge in [0.25, 0.3) is 5.91 Å². The number of amides is 2. The summed E-state index contributed by atoms with van der Waals surface area (Å²) in [7, 11) is 0. The number of thioether (sulfide) groups is 1. The highest BCUT2D eigenvalue weighted by Gasteiger charge is 2.10. The van der Waals surface area contributed by atoms with E-state index in [0.29, 0.717) is 17.0 Å². The Kier molecular flexibility index (Phi) is 5.82.